The molecule has 0 unspecified atom stereocenters. The van der Waals surface area contributed by atoms with Gasteiger partial charge in [-0.05, 0) is 61.7 Å². The van der Waals surface area contributed by atoms with Crippen molar-refractivity contribution in [3.8, 4) is 5.75 Å². The molecular formula is C20H17ClF2O4S. The topological polar surface area (TPSA) is 63.6 Å². The van der Waals surface area contributed by atoms with Gasteiger partial charge in [0, 0.05) is 11.4 Å². The molecule has 8 heteroatoms. The third-order valence-electron chi connectivity index (χ3n) is 5.47. The van der Waals surface area contributed by atoms with Crippen molar-refractivity contribution >= 4 is 21.4 Å². The van der Waals surface area contributed by atoms with E-state index in [2.05, 4.69) is 0 Å². The molecule has 28 heavy (non-hydrogen) atoms. The van der Waals surface area contributed by atoms with Crippen LogP contribution in [-0.2, 0) is 14.6 Å². The highest BCUT2D eigenvalue weighted by Crippen LogP contribution is 2.57. The standard InChI is InChI=1S/C20H17ClF2O4S/c1-19(24)8-9-20(28(25,26)14-4-2-13(21)3-5-14)12(10-19)11-27-18-16(23)7-6-15(22)17(18)20/h2-7,11,24H,8-10H2,1H3/t19-,20+/m1/s1. The number of sulfone groups is 1. The van der Waals surface area contributed by atoms with E-state index in [1.165, 1.54) is 24.3 Å². The fourth-order valence-electron chi connectivity index (χ4n) is 4.08. The zero-order valence-electron chi connectivity index (χ0n) is 14.9. The second-order valence-corrected chi connectivity index (χ2v) is 10.1. The summed E-state index contributed by atoms with van der Waals surface area (Å²) in [4.78, 5) is -0.0687. The minimum absolute atomic E-state index is 0.0464. The molecule has 4 rings (SSSR count). The lowest BCUT2D eigenvalue weighted by atomic mass is 9.72. The predicted molar refractivity (Wildman–Crippen MR) is 99.9 cm³/mol. The monoisotopic (exact) mass is 426 g/mol. The molecule has 4 nitrogen and oxygen atoms in total. The molecule has 0 bridgehead atoms. The summed E-state index contributed by atoms with van der Waals surface area (Å²) in [7, 11) is -4.23. The number of hydrogen-bond donors (Lipinski definition) is 1. The van der Waals surface area contributed by atoms with Crippen molar-refractivity contribution in [1.82, 2.24) is 0 Å². The number of rotatable bonds is 2. The zero-order chi connectivity index (χ0) is 20.3. The first-order valence-corrected chi connectivity index (χ1v) is 10.5. The fraction of sp³-hybridized carbons (Fsp3) is 0.300. The molecule has 1 aliphatic carbocycles. The molecule has 0 radical (unpaired) electrons. The molecule has 1 aliphatic heterocycles. The van der Waals surface area contributed by atoms with Gasteiger partial charge in [0.15, 0.2) is 21.4 Å². The molecule has 148 valence electrons. The van der Waals surface area contributed by atoms with Crippen LogP contribution in [0.3, 0.4) is 0 Å². The van der Waals surface area contributed by atoms with E-state index in [0.717, 1.165) is 18.4 Å². The predicted octanol–water partition coefficient (Wildman–Crippen LogP) is 4.50. The molecule has 1 heterocycles. The number of ether oxygens (including phenoxy) is 1. The number of benzene rings is 2. The first kappa shape index (κ1) is 19.4. The van der Waals surface area contributed by atoms with Crippen LogP contribution in [0.15, 0.2) is 53.1 Å². The Balaban J connectivity index is 2.04. The molecule has 2 aromatic rings. The average Bonchev–Trinajstić information content (AvgIpc) is 2.63. The molecule has 2 aromatic carbocycles. The molecular weight excluding hydrogens is 410 g/mol. The lowest BCUT2D eigenvalue weighted by molar-refractivity contribution is 0.0292. The highest BCUT2D eigenvalue weighted by molar-refractivity contribution is 7.92. The number of hydrogen-bond acceptors (Lipinski definition) is 4. The van der Waals surface area contributed by atoms with Gasteiger partial charge in [0.05, 0.1) is 22.3 Å². The zero-order valence-corrected chi connectivity index (χ0v) is 16.4. The van der Waals surface area contributed by atoms with E-state index in [1.54, 1.807) is 6.92 Å². The minimum atomic E-state index is -4.23. The van der Waals surface area contributed by atoms with Gasteiger partial charge in [0.25, 0.3) is 0 Å². The quantitative estimate of drug-likeness (QED) is 0.768. The minimum Gasteiger partial charge on any atom is -0.461 e. The van der Waals surface area contributed by atoms with Crippen LogP contribution in [0.5, 0.6) is 5.75 Å². The summed E-state index contributed by atoms with van der Waals surface area (Å²) in [6, 6.07) is 7.32. The fourth-order valence-corrected chi connectivity index (χ4v) is 6.40. The van der Waals surface area contributed by atoms with E-state index >= 15 is 0 Å². The summed E-state index contributed by atoms with van der Waals surface area (Å²) >= 11 is 5.88. The lowest BCUT2D eigenvalue weighted by Gasteiger charge is -2.46. The smallest absolute Gasteiger partial charge is 0.192 e. The Morgan fingerprint density at radius 1 is 1.07 bits per heavy atom. The van der Waals surface area contributed by atoms with Gasteiger partial charge in [-0.1, -0.05) is 11.6 Å². The molecule has 1 saturated carbocycles. The third kappa shape index (κ3) is 2.68. The largest absolute Gasteiger partial charge is 0.461 e. The number of halogens is 3. The highest BCUT2D eigenvalue weighted by atomic mass is 35.5. The van der Waals surface area contributed by atoms with E-state index in [0.29, 0.717) is 5.02 Å². The van der Waals surface area contributed by atoms with Crippen molar-refractivity contribution in [3.63, 3.8) is 0 Å². The third-order valence-corrected chi connectivity index (χ3v) is 8.20. The Morgan fingerprint density at radius 2 is 1.71 bits per heavy atom. The SMILES string of the molecule is C[C@@]1(O)CC[C@]2(S(=O)(=O)c3ccc(Cl)cc3)C(=COc3c(F)ccc(F)c32)C1. The van der Waals surface area contributed by atoms with Crippen molar-refractivity contribution in [2.75, 3.05) is 0 Å². The first-order valence-electron chi connectivity index (χ1n) is 8.66. The molecule has 1 fully saturated rings. The molecule has 0 saturated heterocycles. The maximum absolute atomic E-state index is 14.9. The van der Waals surface area contributed by atoms with Gasteiger partial charge in [0.1, 0.15) is 10.6 Å². The van der Waals surface area contributed by atoms with E-state index in [9.17, 15) is 22.3 Å². The van der Waals surface area contributed by atoms with Gasteiger partial charge in [-0.3, -0.25) is 0 Å². The van der Waals surface area contributed by atoms with Crippen LogP contribution in [0.1, 0.15) is 31.7 Å². The van der Waals surface area contributed by atoms with Gasteiger partial charge in [-0.15, -0.1) is 0 Å². The lowest BCUT2D eigenvalue weighted by Crippen LogP contribution is -2.48. The summed E-state index contributed by atoms with van der Waals surface area (Å²) < 4.78 is 60.3. The molecule has 2 atom stereocenters. The average molecular weight is 427 g/mol. The van der Waals surface area contributed by atoms with Gasteiger partial charge in [-0.25, -0.2) is 17.2 Å². The Morgan fingerprint density at radius 3 is 2.39 bits per heavy atom. The van der Waals surface area contributed by atoms with E-state index in [-0.39, 0.29) is 35.3 Å². The van der Waals surface area contributed by atoms with Gasteiger partial charge in [0.2, 0.25) is 0 Å². The molecule has 1 N–H and O–H groups in total. The van der Waals surface area contributed by atoms with Gasteiger partial charge in [-0.2, -0.15) is 0 Å². The number of fused-ring (bicyclic) bond motifs is 3. The van der Waals surface area contributed by atoms with Crippen LogP contribution >= 0.6 is 11.6 Å². The Kier molecular flexibility index (Phi) is 4.34. The van der Waals surface area contributed by atoms with Crippen molar-refractivity contribution in [2.45, 2.75) is 41.4 Å². The second kappa shape index (κ2) is 6.27. The summed E-state index contributed by atoms with van der Waals surface area (Å²) in [6.45, 7) is 1.57. The summed E-state index contributed by atoms with van der Waals surface area (Å²) in [5.41, 5.74) is -1.35. The van der Waals surface area contributed by atoms with Crippen LogP contribution in [0.25, 0.3) is 0 Å². The van der Waals surface area contributed by atoms with Gasteiger partial charge < -0.3 is 9.84 Å². The normalized spacial score (nSPS) is 26.7. The van der Waals surface area contributed by atoms with Crippen LogP contribution in [-0.4, -0.2) is 19.1 Å². The van der Waals surface area contributed by atoms with Crippen LogP contribution in [0.2, 0.25) is 5.02 Å². The van der Waals surface area contributed by atoms with Crippen molar-refractivity contribution < 1.29 is 27.0 Å². The second-order valence-electron chi connectivity index (χ2n) is 7.45. The Hall–Kier alpha value is -1.96. The maximum atomic E-state index is 14.9. The van der Waals surface area contributed by atoms with E-state index in [1.807, 2.05) is 0 Å². The molecule has 0 amide bonds. The van der Waals surface area contributed by atoms with E-state index < -0.39 is 37.6 Å². The summed E-state index contributed by atoms with van der Waals surface area (Å²) in [5.74, 6) is -2.17. The van der Waals surface area contributed by atoms with Crippen LogP contribution in [0, 0.1) is 11.6 Å². The van der Waals surface area contributed by atoms with Crippen LogP contribution in [0.4, 0.5) is 8.78 Å². The first-order chi connectivity index (χ1) is 13.1. The Labute approximate surface area is 166 Å². The molecule has 0 aromatic heterocycles. The molecule has 0 spiro atoms. The maximum Gasteiger partial charge on any atom is 0.192 e. The number of aliphatic hydroxyl groups is 1. The van der Waals surface area contributed by atoms with Crippen molar-refractivity contribution in [2.24, 2.45) is 0 Å². The van der Waals surface area contributed by atoms with Crippen molar-refractivity contribution in [3.05, 3.63) is 70.5 Å². The summed E-state index contributed by atoms with van der Waals surface area (Å²) in [5, 5.41) is 10.8. The highest BCUT2D eigenvalue weighted by Gasteiger charge is 2.58. The van der Waals surface area contributed by atoms with Gasteiger partial charge >= 0.3 is 0 Å². The molecule has 2 aliphatic rings. The summed E-state index contributed by atoms with van der Waals surface area (Å²) in [6.07, 6.45) is 1.06. The van der Waals surface area contributed by atoms with Crippen molar-refractivity contribution in [1.29, 1.82) is 0 Å². The van der Waals surface area contributed by atoms with Crippen LogP contribution < -0.4 is 4.74 Å². The van der Waals surface area contributed by atoms with E-state index in [4.69, 9.17) is 16.3 Å². The Bertz CT molecular complexity index is 1090.